The Kier molecular flexibility index (Phi) is 3.75. The largest absolute Gasteiger partial charge is 0.325 e. The van der Waals surface area contributed by atoms with Crippen molar-refractivity contribution in [1.29, 1.82) is 5.26 Å². The summed E-state index contributed by atoms with van der Waals surface area (Å²) in [7, 11) is 0. The van der Waals surface area contributed by atoms with Gasteiger partial charge in [0, 0.05) is 10.7 Å². The summed E-state index contributed by atoms with van der Waals surface area (Å²) in [6.07, 6.45) is 0. The zero-order chi connectivity index (χ0) is 10.6. The standard InChI is InChI=1S/C9H6Cl2N2O/c10-4-9(14)13-8-2-6(5-12)1-7(11)3-8/h1-3H,4H2,(H,13,14). The summed E-state index contributed by atoms with van der Waals surface area (Å²) in [5, 5.41) is 11.5. The predicted octanol–water partition coefficient (Wildman–Crippen LogP) is 2.39. The highest BCUT2D eigenvalue weighted by molar-refractivity contribution is 6.31. The van der Waals surface area contributed by atoms with Gasteiger partial charge in [0.05, 0.1) is 11.6 Å². The van der Waals surface area contributed by atoms with Crippen LogP contribution in [-0.4, -0.2) is 11.8 Å². The zero-order valence-corrected chi connectivity index (χ0v) is 8.56. The van der Waals surface area contributed by atoms with E-state index in [2.05, 4.69) is 5.32 Å². The molecule has 1 N–H and O–H groups in total. The van der Waals surface area contributed by atoms with Gasteiger partial charge in [0.15, 0.2) is 0 Å². The van der Waals surface area contributed by atoms with Gasteiger partial charge in [-0.15, -0.1) is 11.6 Å². The van der Waals surface area contributed by atoms with Crippen LogP contribution in [0.25, 0.3) is 0 Å². The van der Waals surface area contributed by atoms with Crippen LogP contribution in [0.2, 0.25) is 5.02 Å². The van der Waals surface area contributed by atoms with Crippen LogP contribution in [0.5, 0.6) is 0 Å². The van der Waals surface area contributed by atoms with Crippen LogP contribution in [0.4, 0.5) is 5.69 Å². The SMILES string of the molecule is N#Cc1cc(Cl)cc(NC(=O)CCl)c1. The Hall–Kier alpha value is -1.24. The molecule has 0 bridgehead atoms. The molecule has 0 saturated heterocycles. The monoisotopic (exact) mass is 228 g/mol. The first-order valence-electron chi connectivity index (χ1n) is 3.72. The number of benzene rings is 1. The molecule has 0 aliphatic carbocycles. The number of hydrogen-bond donors (Lipinski definition) is 1. The number of nitrogens with zero attached hydrogens (tertiary/aromatic N) is 1. The maximum absolute atomic E-state index is 10.9. The van der Waals surface area contributed by atoms with Gasteiger partial charge in [-0.05, 0) is 18.2 Å². The molecule has 0 aromatic heterocycles. The number of amides is 1. The van der Waals surface area contributed by atoms with Crippen LogP contribution < -0.4 is 5.32 Å². The third-order valence-electron chi connectivity index (χ3n) is 1.43. The summed E-state index contributed by atoms with van der Waals surface area (Å²) in [5.74, 6) is -0.466. The van der Waals surface area contributed by atoms with Crippen LogP contribution in [0.1, 0.15) is 5.56 Å². The van der Waals surface area contributed by atoms with Gasteiger partial charge in [-0.3, -0.25) is 4.79 Å². The molecule has 0 atom stereocenters. The molecule has 0 spiro atoms. The molecule has 1 aromatic carbocycles. The van der Waals surface area contributed by atoms with E-state index in [9.17, 15) is 4.79 Å². The molecule has 0 unspecified atom stereocenters. The average Bonchev–Trinajstić information content (AvgIpc) is 2.16. The zero-order valence-electron chi connectivity index (χ0n) is 7.05. The van der Waals surface area contributed by atoms with Crippen molar-refractivity contribution in [2.45, 2.75) is 0 Å². The quantitative estimate of drug-likeness (QED) is 0.791. The van der Waals surface area contributed by atoms with E-state index in [1.165, 1.54) is 12.1 Å². The van der Waals surface area contributed by atoms with Gasteiger partial charge in [-0.1, -0.05) is 11.6 Å². The molecule has 5 heteroatoms. The van der Waals surface area contributed by atoms with Crippen LogP contribution in [0.15, 0.2) is 18.2 Å². The van der Waals surface area contributed by atoms with Crippen LogP contribution in [-0.2, 0) is 4.79 Å². The average molecular weight is 229 g/mol. The van der Waals surface area contributed by atoms with Crippen molar-refractivity contribution in [2.75, 3.05) is 11.2 Å². The number of anilines is 1. The Balaban J connectivity index is 2.93. The van der Waals surface area contributed by atoms with Crippen molar-refractivity contribution >= 4 is 34.8 Å². The Labute approximate surface area is 91.2 Å². The number of carbonyl (C=O) groups excluding carboxylic acids is 1. The lowest BCUT2D eigenvalue weighted by atomic mass is 10.2. The van der Waals surface area contributed by atoms with Crippen LogP contribution in [0, 0.1) is 11.3 Å². The number of alkyl halides is 1. The molecular weight excluding hydrogens is 223 g/mol. The molecule has 0 heterocycles. The van der Waals surface area contributed by atoms with E-state index in [0.717, 1.165) is 0 Å². The molecule has 72 valence electrons. The lowest BCUT2D eigenvalue weighted by molar-refractivity contribution is -0.113. The minimum absolute atomic E-state index is 0.131. The number of nitriles is 1. The molecule has 1 rings (SSSR count). The highest BCUT2D eigenvalue weighted by atomic mass is 35.5. The summed E-state index contributed by atoms with van der Waals surface area (Å²) in [6, 6.07) is 6.52. The second-order valence-corrected chi connectivity index (χ2v) is 3.23. The molecule has 0 fully saturated rings. The maximum Gasteiger partial charge on any atom is 0.239 e. The first-order chi connectivity index (χ1) is 6.65. The lowest BCUT2D eigenvalue weighted by Gasteiger charge is -2.03. The second-order valence-electron chi connectivity index (χ2n) is 2.52. The molecule has 3 nitrogen and oxygen atoms in total. The van der Waals surface area contributed by atoms with Crippen LogP contribution >= 0.6 is 23.2 Å². The van der Waals surface area contributed by atoms with Gasteiger partial charge in [0.2, 0.25) is 5.91 Å². The molecule has 1 aromatic rings. The molecule has 0 radical (unpaired) electrons. The number of rotatable bonds is 2. The van der Waals surface area contributed by atoms with Crippen molar-refractivity contribution in [2.24, 2.45) is 0 Å². The van der Waals surface area contributed by atoms with Crippen molar-refractivity contribution in [3.05, 3.63) is 28.8 Å². The Bertz CT molecular complexity index is 398. The van der Waals surface area contributed by atoms with Gasteiger partial charge in [0.1, 0.15) is 5.88 Å². The number of nitrogens with one attached hydrogen (secondary N) is 1. The molecule has 0 aliphatic rings. The summed E-state index contributed by atoms with van der Waals surface area (Å²) >= 11 is 11.0. The van der Waals surface area contributed by atoms with Crippen molar-refractivity contribution in [3.63, 3.8) is 0 Å². The van der Waals surface area contributed by atoms with Crippen molar-refractivity contribution in [3.8, 4) is 6.07 Å². The summed E-state index contributed by atoms with van der Waals surface area (Å²) in [5.41, 5.74) is 0.863. The molecule has 14 heavy (non-hydrogen) atoms. The Morgan fingerprint density at radius 2 is 2.21 bits per heavy atom. The van der Waals surface area contributed by atoms with Gasteiger partial charge in [-0.25, -0.2) is 0 Å². The van der Waals surface area contributed by atoms with Gasteiger partial charge in [0.25, 0.3) is 0 Å². The fourth-order valence-corrected chi connectivity index (χ4v) is 1.22. The third-order valence-corrected chi connectivity index (χ3v) is 1.89. The number of halogens is 2. The molecular formula is C9H6Cl2N2O. The van der Waals surface area contributed by atoms with E-state index in [0.29, 0.717) is 16.3 Å². The number of carbonyl (C=O) groups is 1. The van der Waals surface area contributed by atoms with Crippen molar-refractivity contribution in [1.82, 2.24) is 0 Å². The highest BCUT2D eigenvalue weighted by Gasteiger charge is 2.02. The molecule has 0 aliphatic heterocycles. The number of hydrogen-bond acceptors (Lipinski definition) is 2. The summed E-state index contributed by atoms with van der Waals surface area (Å²) in [4.78, 5) is 10.9. The first kappa shape index (κ1) is 10.8. The second kappa shape index (κ2) is 4.85. The lowest BCUT2D eigenvalue weighted by Crippen LogP contribution is -2.12. The van der Waals surface area contributed by atoms with E-state index in [1.54, 1.807) is 6.07 Å². The molecule has 0 saturated carbocycles. The summed E-state index contributed by atoms with van der Waals surface area (Å²) in [6.45, 7) is 0. The minimum atomic E-state index is -0.335. The fraction of sp³-hybridized carbons (Fsp3) is 0.111. The normalized spacial score (nSPS) is 9.21. The highest BCUT2D eigenvalue weighted by Crippen LogP contribution is 2.18. The van der Waals surface area contributed by atoms with E-state index in [4.69, 9.17) is 28.5 Å². The first-order valence-corrected chi connectivity index (χ1v) is 4.63. The predicted molar refractivity (Wildman–Crippen MR) is 55.5 cm³/mol. The maximum atomic E-state index is 10.9. The van der Waals surface area contributed by atoms with Gasteiger partial charge in [-0.2, -0.15) is 5.26 Å². The van der Waals surface area contributed by atoms with Crippen LogP contribution in [0.3, 0.4) is 0 Å². The van der Waals surface area contributed by atoms with E-state index < -0.39 is 0 Å². The smallest absolute Gasteiger partial charge is 0.239 e. The van der Waals surface area contributed by atoms with Gasteiger partial charge >= 0.3 is 0 Å². The summed E-state index contributed by atoms with van der Waals surface area (Å²) < 4.78 is 0. The fourth-order valence-electron chi connectivity index (χ4n) is 0.921. The minimum Gasteiger partial charge on any atom is -0.325 e. The third kappa shape index (κ3) is 2.91. The Morgan fingerprint density at radius 1 is 1.50 bits per heavy atom. The van der Waals surface area contributed by atoms with E-state index >= 15 is 0 Å². The van der Waals surface area contributed by atoms with Crippen molar-refractivity contribution < 1.29 is 4.79 Å². The molecule has 1 amide bonds. The van der Waals surface area contributed by atoms with Gasteiger partial charge < -0.3 is 5.32 Å². The van der Waals surface area contributed by atoms with E-state index in [1.807, 2.05) is 6.07 Å². The van der Waals surface area contributed by atoms with E-state index in [-0.39, 0.29) is 11.8 Å². The topological polar surface area (TPSA) is 52.9 Å². The Morgan fingerprint density at radius 3 is 2.79 bits per heavy atom.